The van der Waals surface area contributed by atoms with Crippen LogP contribution in [0.3, 0.4) is 0 Å². The second-order valence-electron chi connectivity index (χ2n) is 5.08. The van der Waals surface area contributed by atoms with E-state index in [1.165, 1.54) is 25.0 Å². The summed E-state index contributed by atoms with van der Waals surface area (Å²) in [4.78, 5) is 0. The lowest BCUT2D eigenvalue weighted by molar-refractivity contribution is 0.0901. The van der Waals surface area contributed by atoms with Gasteiger partial charge in [-0.15, -0.1) is 0 Å². The minimum atomic E-state index is -0.410. The van der Waals surface area contributed by atoms with E-state index in [1.54, 1.807) is 6.07 Å². The maximum Gasteiger partial charge on any atom is 0.123 e. The van der Waals surface area contributed by atoms with Crippen molar-refractivity contribution in [3.05, 3.63) is 34.6 Å². The summed E-state index contributed by atoms with van der Waals surface area (Å²) in [5.41, 5.74) is 0.707. The third kappa shape index (κ3) is 2.99. The number of hydrogen-bond donors (Lipinski definition) is 1. The van der Waals surface area contributed by atoms with Crippen LogP contribution in [0.15, 0.2) is 18.2 Å². The van der Waals surface area contributed by atoms with Gasteiger partial charge in [0.1, 0.15) is 5.82 Å². The molecule has 3 heteroatoms. The molecule has 0 aromatic heterocycles. The molecule has 0 saturated heterocycles. The Morgan fingerprint density at radius 2 is 2.24 bits per heavy atom. The zero-order chi connectivity index (χ0) is 12.4. The SMILES string of the molecule is CC1CCCC1C(O)Cc1cc(F)ccc1Cl. The van der Waals surface area contributed by atoms with E-state index in [1.807, 2.05) is 0 Å². The molecule has 1 nitrogen and oxygen atoms in total. The first-order valence-corrected chi connectivity index (χ1v) is 6.57. The fourth-order valence-electron chi connectivity index (χ4n) is 2.82. The van der Waals surface area contributed by atoms with Crippen molar-refractivity contribution < 1.29 is 9.50 Å². The van der Waals surface area contributed by atoms with Gasteiger partial charge in [0.25, 0.3) is 0 Å². The van der Waals surface area contributed by atoms with E-state index in [4.69, 9.17) is 11.6 Å². The lowest BCUT2D eigenvalue weighted by atomic mass is 9.88. The van der Waals surface area contributed by atoms with Crippen LogP contribution in [0.1, 0.15) is 31.7 Å². The molecule has 0 spiro atoms. The van der Waals surface area contributed by atoms with Crippen LogP contribution in [0.4, 0.5) is 4.39 Å². The third-order valence-electron chi connectivity index (χ3n) is 3.86. The summed E-state index contributed by atoms with van der Waals surface area (Å²) in [6.45, 7) is 2.17. The van der Waals surface area contributed by atoms with Gasteiger partial charge in [0.2, 0.25) is 0 Å². The van der Waals surface area contributed by atoms with Crippen molar-refractivity contribution in [2.24, 2.45) is 11.8 Å². The Balaban J connectivity index is 2.07. The topological polar surface area (TPSA) is 20.2 Å². The largest absolute Gasteiger partial charge is 0.392 e. The maximum absolute atomic E-state index is 13.1. The van der Waals surface area contributed by atoms with E-state index in [0.717, 1.165) is 6.42 Å². The molecular weight excluding hydrogens is 239 g/mol. The Morgan fingerprint density at radius 3 is 2.88 bits per heavy atom. The standard InChI is InChI=1S/C14H18ClFO/c1-9-3-2-4-12(9)14(17)8-10-7-11(16)5-6-13(10)15/h5-7,9,12,14,17H,2-4,8H2,1H3. The van der Waals surface area contributed by atoms with E-state index in [2.05, 4.69) is 6.92 Å². The first kappa shape index (κ1) is 12.8. The minimum Gasteiger partial charge on any atom is -0.392 e. The molecule has 1 fully saturated rings. The summed E-state index contributed by atoms with van der Waals surface area (Å²) < 4.78 is 13.1. The molecule has 1 saturated carbocycles. The zero-order valence-electron chi connectivity index (χ0n) is 10.00. The van der Waals surface area contributed by atoms with Crippen LogP contribution in [-0.2, 0) is 6.42 Å². The Labute approximate surface area is 107 Å². The van der Waals surface area contributed by atoms with Crippen molar-refractivity contribution in [3.8, 4) is 0 Å². The van der Waals surface area contributed by atoms with Crippen LogP contribution in [0.2, 0.25) is 5.02 Å². The molecular formula is C14H18ClFO. The highest BCUT2D eigenvalue weighted by Crippen LogP contribution is 2.35. The van der Waals surface area contributed by atoms with Gasteiger partial charge in [-0.05, 0) is 42.0 Å². The third-order valence-corrected chi connectivity index (χ3v) is 4.23. The van der Waals surface area contributed by atoms with Crippen molar-refractivity contribution >= 4 is 11.6 Å². The van der Waals surface area contributed by atoms with Gasteiger partial charge in [-0.3, -0.25) is 0 Å². The van der Waals surface area contributed by atoms with E-state index in [-0.39, 0.29) is 5.82 Å². The van der Waals surface area contributed by atoms with Crippen LogP contribution in [0.25, 0.3) is 0 Å². The van der Waals surface area contributed by atoms with Crippen LogP contribution in [0, 0.1) is 17.7 Å². The molecule has 1 N–H and O–H groups in total. The molecule has 3 unspecified atom stereocenters. The predicted molar refractivity (Wildman–Crippen MR) is 67.6 cm³/mol. The minimum absolute atomic E-state index is 0.295. The summed E-state index contributed by atoms with van der Waals surface area (Å²) in [5, 5.41) is 10.7. The fraction of sp³-hybridized carbons (Fsp3) is 0.571. The van der Waals surface area contributed by atoms with Crippen molar-refractivity contribution in [2.75, 3.05) is 0 Å². The summed E-state index contributed by atoms with van der Waals surface area (Å²) in [5.74, 6) is 0.586. The number of halogens is 2. The van der Waals surface area contributed by atoms with Gasteiger partial charge in [0.05, 0.1) is 6.10 Å². The van der Waals surface area contributed by atoms with Crippen molar-refractivity contribution in [3.63, 3.8) is 0 Å². The second-order valence-corrected chi connectivity index (χ2v) is 5.49. The fourth-order valence-corrected chi connectivity index (χ4v) is 3.02. The van der Waals surface area contributed by atoms with Crippen LogP contribution >= 0.6 is 11.6 Å². The lowest BCUT2D eigenvalue weighted by Gasteiger charge is -2.22. The van der Waals surface area contributed by atoms with E-state index < -0.39 is 6.10 Å². The highest BCUT2D eigenvalue weighted by Gasteiger charge is 2.30. The molecule has 0 heterocycles. The zero-order valence-corrected chi connectivity index (χ0v) is 10.8. The first-order chi connectivity index (χ1) is 8.08. The lowest BCUT2D eigenvalue weighted by Crippen LogP contribution is -2.25. The Hall–Kier alpha value is -0.600. The molecule has 1 aromatic rings. The predicted octanol–water partition coefficient (Wildman–Crippen LogP) is 3.82. The van der Waals surface area contributed by atoms with E-state index in [0.29, 0.717) is 28.8 Å². The van der Waals surface area contributed by atoms with E-state index in [9.17, 15) is 9.50 Å². The van der Waals surface area contributed by atoms with Crippen molar-refractivity contribution in [1.82, 2.24) is 0 Å². The van der Waals surface area contributed by atoms with Gasteiger partial charge in [-0.1, -0.05) is 31.4 Å². The average molecular weight is 257 g/mol. The van der Waals surface area contributed by atoms with Crippen LogP contribution in [0.5, 0.6) is 0 Å². The van der Waals surface area contributed by atoms with Gasteiger partial charge in [0.15, 0.2) is 0 Å². The summed E-state index contributed by atoms with van der Waals surface area (Å²) in [6.07, 6.45) is 3.46. The van der Waals surface area contributed by atoms with Crippen LogP contribution < -0.4 is 0 Å². The normalized spacial score (nSPS) is 26.1. The number of rotatable bonds is 3. The van der Waals surface area contributed by atoms with Crippen LogP contribution in [-0.4, -0.2) is 11.2 Å². The number of benzene rings is 1. The van der Waals surface area contributed by atoms with Gasteiger partial charge in [-0.25, -0.2) is 4.39 Å². The molecule has 0 aliphatic heterocycles. The highest BCUT2D eigenvalue weighted by molar-refractivity contribution is 6.31. The second kappa shape index (κ2) is 5.36. The van der Waals surface area contributed by atoms with Gasteiger partial charge in [0, 0.05) is 11.4 Å². The molecule has 3 atom stereocenters. The molecule has 0 bridgehead atoms. The van der Waals surface area contributed by atoms with Crippen molar-refractivity contribution in [2.45, 2.75) is 38.7 Å². The van der Waals surface area contributed by atoms with E-state index >= 15 is 0 Å². The van der Waals surface area contributed by atoms with Gasteiger partial charge in [-0.2, -0.15) is 0 Å². The monoisotopic (exact) mass is 256 g/mol. The van der Waals surface area contributed by atoms with Gasteiger partial charge >= 0.3 is 0 Å². The molecule has 0 radical (unpaired) electrons. The molecule has 17 heavy (non-hydrogen) atoms. The summed E-state index contributed by atoms with van der Waals surface area (Å²) in [6, 6.07) is 4.32. The maximum atomic E-state index is 13.1. The first-order valence-electron chi connectivity index (χ1n) is 6.20. The highest BCUT2D eigenvalue weighted by atomic mass is 35.5. The number of aliphatic hydroxyl groups is 1. The quantitative estimate of drug-likeness (QED) is 0.872. The Bertz CT molecular complexity index is 394. The molecule has 94 valence electrons. The summed E-state index contributed by atoms with van der Waals surface area (Å²) >= 11 is 6.01. The molecule has 1 aliphatic carbocycles. The van der Waals surface area contributed by atoms with Gasteiger partial charge < -0.3 is 5.11 Å². The average Bonchev–Trinajstić information content (AvgIpc) is 2.70. The number of aliphatic hydroxyl groups excluding tert-OH is 1. The number of hydrogen-bond acceptors (Lipinski definition) is 1. The Kier molecular flexibility index (Phi) is 4.05. The van der Waals surface area contributed by atoms with Crippen molar-refractivity contribution in [1.29, 1.82) is 0 Å². The molecule has 0 amide bonds. The molecule has 2 rings (SSSR count). The summed E-state index contributed by atoms with van der Waals surface area (Å²) in [7, 11) is 0. The molecule has 1 aromatic carbocycles. The molecule has 1 aliphatic rings. The Morgan fingerprint density at radius 1 is 1.47 bits per heavy atom. The smallest absolute Gasteiger partial charge is 0.123 e.